The van der Waals surface area contributed by atoms with E-state index in [9.17, 15) is 4.79 Å². The minimum atomic E-state index is 0.0154. The van der Waals surface area contributed by atoms with Gasteiger partial charge < -0.3 is 9.64 Å². The Morgan fingerprint density at radius 1 is 1.48 bits per heavy atom. The molecule has 4 rings (SSSR count). The lowest BCUT2D eigenvalue weighted by Gasteiger charge is -2.36. The van der Waals surface area contributed by atoms with Crippen LogP contribution in [0, 0.1) is 5.92 Å². The van der Waals surface area contributed by atoms with Crippen molar-refractivity contribution in [1.82, 2.24) is 14.7 Å². The van der Waals surface area contributed by atoms with E-state index in [2.05, 4.69) is 16.2 Å². The van der Waals surface area contributed by atoms with Gasteiger partial charge >= 0.3 is 0 Å². The largest absolute Gasteiger partial charge is 0.379 e. The Labute approximate surface area is 125 Å². The predicted octanol–water partition coefficient (Wildman–Crippen LogP) is 1.31. The molecule has 21 heavy (non-hydrogen) atoms. The molecule has 5 heteroatoms. The summed E-state index contributed by atoms with van der Waals surface area (Å²) in [6.07, 6.45) is 8.10. The lowest BCUT2D eigenvalue weighted by molar-refractivity contribution is -0.140. The molecule has 2 atom stereocenters. The average Bonchev–Trinajstić information content (AvgIpc) is 3.18. The molecule has 2 fully saturated rings. The van der Waals surface area contributed by atoms with Gasteiger partial charge in [-0.3, -0.25) is 9.48 Å². The summed E-state index contributed by atoms with van der Waals surface area (Å²) >= 11 is 0. The van der Waals surface area contributed by atoms with Crippen LogP contribution in [-0.4, -0.2) is 45.9 Å². The summed E-state index contributed by atoms with van der Waals surface area (Å²) in [5.74, 6) is 0.456. The molecule has 0 aromatic carbocycles. The molecule has 0 radical (unpaired) electrons. The van der Waals surface area contributed by atoms with Gasteiger partial charge in [-0.2, -0.15) is 5.10 Å². The average molecular weight is 289 g/mol. The summed E-state index contributed by atoms with van der Waals surface area (Å²) in [7, 11) is 1.96. The smallest absolute Gasteiger partial charge is 0.226 e. The SMILES string of the molecule is Cn1cc2c(n1)CC(C(=O)N1CCCC13CCOC3)CC2. The molecule has 1 amide bonds. The Morgan fingerprint density at radius 3 is 3.19 bits per heavy atom. The molecule has 0 saturated carbocycles. The summed E-state index contributed by atoms with van der Waals surface area (Å²) in [6.45, 7) is 2.45. The van der Waals surface area contributed by atoms with Gasteiger partial charge in [0.25, 0.3) is 0 Å². The zero-order valence-electron chi connectivity index (χ0n) is 12.7. The fourth-order valence-electron chi connectivity index (χ4n) is 4.35. The Bertz CT molecular complexity index is 554. The first-order valence-electron chi connectivity index (χ1n) is 8.09. The van der Waals surface area contributed by atoms with Gasteiger partial charge in [0.05, 0.1) is 17.8 Å². The number of amides is 1. The Morgan fingerprint density at radius 2 is 2.38 bits per heavy atom. The van der Waals surface area contributed by atoms with E-state index < -0.39 is 0 Å². The molecular weight excluding hydrogens is 266 g/mol. The number of aryl methyl sites for hydroxylation is 2. The monoisotopic (exact) mass is 289 g/mol. The van der Waals surface area contributed by atoms with E-state index in [1.807, 2.05) is 11.7 Å². The Kier molecular flexibility index (Phi) is 3.06. The van der Waals surface area contributed by atoms with Crippen LogP contribution in [0.4, 0.5) is 0 Å². The van der Waals surface area contributed by atoms with E-state index in [4.69, 9.17) is 4.74 Å². The maximum absolute atomic E-state index is 13.0. The molecule has 0 N–H and O–H groups in total. The van der Waals surface area contributed by atoms with Gasteiger partial charge in [0.2, 0.25) is 5.91 Å². The van der Waals surface area contributed by atoms with Crippen LogP contribution in [0.3, 0.4) is 0 Å². The highest BCUT2D eigenvalue weighted by molar-refractivity contribution is 5.80. The number of hydrogen-bond donors (Lipinski definition) is 0. The topological polar surface area (TPSA) is 47.4 Å². The molecule has 3 aliphatic rings. The van der Waals surface area contributed by atoms with Crippen LogP contribution in [0.15, 0.2) is 6.20 Å². The molecule has 3 heterocycles. The molecule has 1 aromatic heterocycles. The van der Waals surface area contributed by atoms with Gasteiger partial charge in [0.15, 0.2) is 0 Å². The number of nitrogens with zero attached hydrogens (tertiary/aromatic N) is 3. The zero-order valence-corrected chi connectivity index (χ0v) is 12.7. The molecule has 114 valence electrons. The lowest BCUT2D eigenvalue weighted by Crippen LogP contribution is -2.50. The van der Waals surface area contributed by atoms with Crippen molar-refractivity contribution in [2.75, 3.05) is 19.8 Å². The number of aromatic nitrogens is 2. The van der Waals surface area contributed by atoms with Crippen LogP contribution in [0.2, 0.25) is 0 Å². The molecular formula is C16H23N3O2. The normalized spacial score (nSPS) is 31.9. The fraction of sp³-hybridized carbons (Fsp3) is 0.750. The second-order valence-electron chi connectivity index (χ2n) is 6.83. The number of fused-ring (bicyclic) bond motifs is 1. The van der Waals surface area contributed by atoms with Gasteiger partial charge in [-0.15, -0.1) is 0 Å². The van der Waals surface area contributed by atoms with E-state index in [1.165, 1.54) is 5.56 Å². The van der Waals surface area contributed by atoms with Gasteiger partial charge in [-0.05, 0) is 37.7 Å². The van der Waals surface area contributed by atoms with Gasteiger partial charge in [-0.25, -0.2) is 0 Å². The Balaban J connectivity index is 1.53. The first-order valence-corrected chi connectivity index (χ1v) is 8.09. The van der Waals surface area contributed by atoms with Gasteiger partial charge in [0.1, 0.15) is 0 Å². The van der Waals surface area contributed by atoms with E-state index in [1.54, 1.807) is 0 Å². The van der Waals surface area contributed by atoms with Crippen LogP contribution in [0.25, 0.3) is 0 Å². The van der Waals surface area contributed by atoms with Crippen molar-refractivity contribution in [3.05, 3.63) is 17.5 Å². The number of carbonyl (C=O) groups excluding carboxylic acids is 1. The lowest BCUT2D eigenvalue weighted by atomic mass is 9.85. The highest BCUT2D eigenvalue weighted by Gasteiger charge is 2.47. The highest BCUT2D eigenvalue weighted by atomic mass is 16.5. The minimum Gasteiger partial charge on any atom is -0.379 e. The molecule has 5 nitrogen and oxygen atoms in total. The van der Waals surface area contributed by atoms with Crippen LogP contribution < -0.4 is 0 Å². The standard InChI is InChI=1S/C16H23N3O2/c1-18-10-13-4-3-12(9-14(13)17-18)15(20)19-7-2-5-16(19)6-8-21-11-16/h10,12H,2-9,11H2,1H3. The number of likely N-dealkylation sites (tertiary alicyclic amines) is 1. The highest BCUT2D eigenvalue weighted by Crippen LogP contribution is 2.38. The van der Waals surface area contributed by atoms with Crippen molar-refractivity contribution in [3.8, 4) is 0 Å². The minimum absolute atomic E-state index is 0.0154. The number of rotatable bonds is 1. The third-order valence-electron chi connectivity index (χ3n) is 5.49. The first kappa shape index (κ1) is 13.3. The van der Waals surface area contributed by atoms with Gasteiger partial charge in [-0.1, -0.05) is 0 Å². The van der Waals surface area contributed by atoms with Crippen LogP contribution in [0.5, 0.6) is 0 Å². The molecule has 2 aliphatic heterocycles. The molecule has 1 aromatic rings. The van der Waals surface area contributed by atoms with Gasteiger partial charge in [0, 0.05) is 38.7 Å². The number of ether oxygens (including phenoxy) is 1. The molecule has 0 bridgehead atoms. The maximum atomic E-state index is 13.0. The summed E-state index contributed by atoms with van der Waals surface area (Å²) in [4.78, 5) is 15.2. The second kappa shape index (κ2) is 4.83. The molecule has 2 unspecified atom stereocenters. The zero-order chi connectivity index (χ0) is 14.4. The first-order chi connectivity index (χ1) is 10.2. The fourth-order valence-corrected chi connectivity index (χ4v) is 4.35. The van der Waals surface area contributed by atoms with Crippen LogP contribution in [-0.2, 0) is 29.4 Å². The van der Waals surface area contributed by atoms with Crippen molar-refractivity contribution in [3.63, 3.8) is 0 Å². The van der Waals surface area contributed by atoms with Crippen molar-refractivity contribution in [2.45, 2.75) is 44.1 Å². The van der Waals surface area contributed by atoms with Crippen molar-refractivity contribution < 1.29 is 9.53 Å². The Hall–Kier alpha value is -1.36. The quantitative estimate of drug-likeness (QED) is 0.783. The third-order valence-corrected chi connectivity index (χ3v) is 5.49. The molecule has 1 aliphatic carbocycles. The summed E-state index contributed by atoms with van der Waals surface area (Å²) in [6, 6.07) is 0. The third kappa shape index (κ3) is 2.09. The van der Waals surface area contributed by atoms with E-state index >= 15 is 0 Å². The van der Waals surface area contributed by atoms with Crippen LogP contribution in [0.1, 0.15) is 36.9 Å². The molecule has 1 spiro atoms. The van der Waals surface area contributed by atoms with E-state index in [-0.39, 0.29) is 11.5 Å². The summed E-state index contributed by atoms with van der Waals surface area (Å²) in [5.41, 5.74) is 2.46. The predicted molar refractivity (Wildman–Crippen MR) is 77.8 cm³/mol. The van der Waals surface area contributed by atoms with E-state index in [0.29, 0.717) is 5.91 Å². The van der Waals surface area contributed by atoms with E-state index in [0.717, 1.165) is 64.0 Å². The summed E-state index contributed by atoms with van der Waals surface area (Å²) in [5, 5.41) is 4.52. The second-order valence-corrected chi connectivity index (χ2v) is 6.83. The van der Waals surface area contributed by atoms with Crippen molar-refractivity contribution in [2.24, 2.45) is 13.0 Å². The maximum Gasteiger partial charge on any atom is 0.226 e. The van der Waals surface area contributed by atoms with Crippen LogP contribution >= 0.6 is 0 Å². The number of hydrogen-bond acceptors (Lipinski definition) is 3. The van der Waals surface area contributed by atoms with Crippen molar-refractivity contribution >= 4 is 5.91 Å². The molecule has 2 saturated heterocycles. The van der Waals surface area contributed by atoms with Crippen molar-refractivity contribution in [1.29, 1.82) is 0 Å². The summed E-state index contributed by atoms with van der Waals surface area (Å²) < 4.78 is 7.47. The number of carbonyl (C=O) groups is 1.